The molecule has 19 heavy (non-hydrogen) atoms. The van der Waals surface area contributed by atoms with Crippen LogP contribution in [-0.4, -0.2) is 24.8 Å². The minimum Gasteiger partial charge on any atom is -0.368 e. The number of benzene rings is 1. The Morgan fingerprint density at radius 3 is 2.63 bits per heavy atom. The van der Waals surface area contributed by atoms with Crippen LogP contribution >= 0.6 is 0 Å². The maximum absolute atomic E-state index is 11.3. The Morgan fingerprint density at radius 2 is 2.11 bits per heavy atom. The Labute approximate surface area is 113 Å². The molecule has 1 aromatic carbocycles. The van der Waals surface area contributed by atoms with Crippen LogP contribution in [0, 0.1) is 6.92 Å². The third kappa shape index (κ3) is 3.13. The monoisotopic (exact) mass is 260 g/mol. The number of carbonyl (C=O) groups excluding carboxylic acids is 2. The summed E-state index contributed by atoms with van der Waals surface area (Å²) in [6, 6.07) is 6.05. The molecule has 0 radical (unpaired) electrons. The Balaban J connectivity index is 2.28. The van der Waals surface area contributed by atoms with E-state index in [2.05, 4.69) is 4.90 Å². The number of aryl methyl sites for hydroxylation is 1. The second-order valence-electron chi connectivity index (χ2n) is 5.19. The molecule has 1 fully saturated rings. The van der Waals surface area contributed by atoms with Gasteiger partial charge in [-0.15, -0.1) is 0 Å². The number of carbonyl (C=O) groups is 2. The van der Waals surface area contributed by atoms with Gasteiger partial charge in [0.25, 0.3) is 0 Å². The lowest BCUT2D eigenvalue weighted by Gasteiger charge is -2.30. The van der Waals surface area contributed by atoms with Crippen LogP contribution < -0.4 is 10.6 Å². The Hall–Kier alpha value is -1.84. The van der Waals surface area contributed by atoms with E-state index < -0.39 is 0 Å². The van der Waals surface area contributed by atoms with E-state index in [1.807, 2.05) is 19.1 Å². The van der Waals surface area contributed by atoms with Crippen LogP contribution in [0.3, 0.4) is 0 Å². The van der Waals surface area contributed by atoms with Crippen molar-refractivity contribution in [3.8, 4) is 0 Å². The van der Waals surface area contributed by atoms with E-state index in [0.29, 0.717) is 11.6 Å². The summed E-state index contributed by atoms with van der Waals surface area (Å²) >= 11 is 0. The van der Waals surface area contributed by atoms with Crippen LogP contribution in [0.1, 0.15) is 41.6 Å². The standard InChI is InChI=1S/C15H20N2O2/c1-11-8-14(7-6-12(11)10-18)17(9-15(16)19)13-4-2-3-5-13/h6-8,10,13H,2-5,9H2,1H3,(H2,16,19). The van der Waals surface area contributed by atoms with Crippen LogP contribution in [0.2, 0.25) is 0 Å². The molecule has 0 spiro atoms. The molecule has 1 aliphatic rings. The molecular formula is C15H20N2O2. The van der Waals surface area contributed by atoms with Crippen molar-refractivity contribution in [1.29, 1.82) is 0 Å². The van der Waals surface area contributed by atoms with Crippen molar-refractivity contribution in [3.63, 3.8) is 0 Å². The van der Waals surface area contributed by atoms with Gasteiger partial charge in [0.2, 0.25) is 5.91 Å². The normalized spacial score (nSPS) is 15.4. The average Bonchev–Trinajstić information content (AvgIpc) is 2.89. The van der Waals surface area contributed by atoms with Gasteiger partial charge in [-0.3, -0.25) is 9.59 Å². The first kappa shape index (κ1) is 13.6. The molecule has 102 valence electrons. The highest BCUT2D eigenvalue weighted by Crippen LogP contribution is 2.29. The molecule has 2 rings (SSSR count). The maximum Gasteiger partial charge on any atom is 0.236 e. The minimum absolute atomic E-state index is 0.241. The van der Waals surface area contributed by atoms with Gasteiger partial charge < -0.3 is 10.6 Å². The van der Waals surface area contributed by atoms with Crippen LogP contribution in [0.25, 0.3) is 0 Å². The number of rotatable bonds is 5. The molecule has 4 nitrogen and oxygen atoms in total. The third-order valence-corrected chi connectivity index (χ3v) is 3.80. The molecule has 0 heterocycles. The van der Waals surface area contributed by atoms with E-state index in [9.17, 15) is 9.59 Å². The number of hydrogen-bond acceptors (Lipinski definition) is 3. The highest BCUT2D eigenvalue weighted by molar-refractivity contribution is 5.81. The number of aldehydes is 1. The molecule has 0 aromatic heterocycles. The fourth-order valence-corrected chi connectivity index (χ4v) is 2.79. The molecule has 2 N–H and O–H groups in total. The second-order valence-corrected chi connectivity index (χ2v) is 5.19. The fraction of sp³-hybridized carbons (Fsp3) is 0.467. The van der Waals surface area contributed by atoms with Gasteiger partial charge in [-0.25, -0.2) is 0 Å². The first-order valence-electron chi connectivity index (χ1n) is 6.72. The Morgan fingerprint density at radius 1 is 1.42 bits per heavy atom. The molecule has 1 aliphatic carbocycles. The zero-order valence-electron chi connectivity index (χ0n) is 11.3. The second kappa shape index (κ2) is 5.87. The molecule has 0 aliphatic heterocycles. The van der Waals surface area contributed by atoms with Crippen LogP contribution in [0.5, 0.6) is 0 Å². The highest BCUT2D eigenvalue weighted by Gasteiger charge is 2.24. The van der Waals surface area contributed by atoms with E-state index >= 15 is 0 Å². The van der Waals surface area contributed by atoms with Crippen molar-refractivity contribution in [1.82, 2.24) is 0 Å². The van der Waals surface area contributed by atoms with Crippen molar-refractivity contribution < 1.29 is 9.59 Å². The van der Waals surface area contributed by atoms with Gasteiger partial charge in [-0.05, 0) is 43.5 Å². The lowest BCUT2D eigenvalue weighted by Crippen LogP contribution is -2.40. The van der Waals surface area contributed by atoms with E-state index in [-0.39, 0.29) is 12.5 Å². The first-order valence-corrected chi connectivity index (χ1v) is 6.72. The largest absolute Gasteiger partial charge is 0.368 e. The zero-order chi connectivity index (χ0) is 13.8. The summed E-state index contributed by atoms with van der Waals surface area (Å²) in [7, 11) is 0. The quantitative estimate of drug-likeness (QED) is 0.824. The van der Waals surface area contributed by atoms with E-state index in [1.54, 1.807) is 6.07 Å². The summed E-state index contributed by atoms with van der Waals surface area (Å²) in [6.07, 6.45) is 5.45. The first-order chi connectivity index (χ1) is 9.11. The lowest BCUT2D eigenvalue weighted by atomic mass is 10.1. The number of anilines is 1. The summed E-state index contributed by atoms with van der Waals surface area (Å²) in [5, 5.41) is 0. The zero-order valence-corrected chi connectivity index (χ0v) is 11.3. The van der Waals surface area contributed by atoms with Gasteiger partial charge in [-0.2, -0.15) is 0 Å². The summed E-state index contributed by atoms with van der Waals surface area (Å²) in [5.74, 6) is -0.316. The van der Waals surface area contributed by atoms with Crippen LogP contribution in [0.15, 0.2) is 18.2 Å². The topological polar surface area (TPSA) is 63.4 Å². The predicted molar refractivity (Wildman–Crippen MR) is 75.4 cm³/mol. The van der Waals surface area contributed by atoms with E-state index in [0.717, 1.165) is 30.4 Å². The smallest absolute Gasteiger partial charge is 0.236 e. The fourth-order valence-electron chi connectivity index (χ4n) is 2.79. The number of primary amides is 1. The van der Waals surface area contributed by atoms with Gasteiger partial charge in [0.15, 0.2) is 0 Å². The molecule has 0 saturated heterocycles. The van der Waals surface area contributed by atoms with Crippen molar-refractivity contribution in [2.75, 3.05) is 11.4 Å². The average molecular weight is 260 g/mol. The molecule has 1 saturated carbocycles. The number of hydrogen-bond donors (Lipinski definition) is 1. The van der Waals surface area contributed by atoms with Gasteiger partial charge in [-0.1, -0.05) is 12.8 Å². The predicted octanol–water partition coefficient (Wildman–Crippen LogP) is 2.04. The van der Waals surface area contributed by atoms with Crippen molar-refractivity contribution >= 4 is 17.9 Å². The summed E-state index contributed by atoms with van der Waals surface area (Å²) in [6.45, 7) is 2.15. The molecule has 4 heteroatoms. The van der Waals surface area contributed by atoms with Crippen LogP contribution in [0.4, 0.5) is 5.69 Å². The SMILES string of the molecule is Cc1cc(N(CC(N)=O)C2CCCC2)ccc1C=O. The van der Waals surface area contributed by atoms with Gasteiger partial charge >= 0.3 is 0 Å². The van der Waals surface area contributed by atoms with Crippen molar-refractivity contribution in [3.05, 3.63) is 29.3 Å². The van der Waals surface area contributed by atoms with Crippen LogP contribution in [-0.2, 0) is 4.79 Å². The molecule has 0 unspecified atom stereocenters. The summed E-state index contributed by atoms with van der Waals surface area (Å²) in [4.78, 5) is 24.2. The molecule has 1 aromatic rings. The van der Waals surface area contributed by atoms with E-state index in [1.165, 1.54) is 12.8 Å². The number of amides is 1. The van der Waals surface area contributed by atoms with Gasteiger partial charge in [0.05, 0.1) is 6.54 Å². The highest BCUT2D eigenvalue weighted by atomic mass is 16.1. The van der Waals surface area contributed by atoms with Crippen molar-refractivity contribution in [2.24, 2.45) is 5.73 Å². The van der Waals surface area contributed by atoms with E-state index in [4.69, 9.17) is 5.73 Å². The number of nitrogens with zero attached hydrogens (tertiary/aromatic N) is 1. The molecule has 0 atom stereocenters. The molecule has 1 amide bonds. The van der Waals surface area contributed by atoms with Crippen molar-refractivity contribution in [2.45, 2.75) is 38.6 Å². The minimum atomic E-state index is -0.316. The Kier molecular flexibility index (Phi) is 4.20. The number of nitrogens with two attached hydrogens (primary N) is 1. The third-order valence-electron chi connectivity index (χ3n) is 3.80. The summed E-state index contributed by atoms with van der Waals surface area (Å²) in [5.41, 5.74) is 7.96. The molecule has 0 bridgehead atoms. The summed E-state index contributed by atoms with van der Waals surface area (Å²) < 4.78 is 0. The van der Waals surface area contributed by atoms with Gasteiger partial charge in [0, 0.05) is 17.3 Å². The maximum atomic E-state index is 11.3. The Bertz CT molecular complexity index is 479. The molecular weight excluding hydrogens is 240 g/mol. The lowest BCUT2D eigenvalue weighted by molar-refractivity contribution is -0.116. The van der Waals surface area contributed by atoms with Gasteiger partial charge in [0.1, 0.15) is 6.29 Å².